The Morgan fingerprint density at radius 2 is 2.07 bits per heavy atom. The predicted molar refractivity (Wildman–Crippen MR) is 65.3 cm³/mol. The molecule has 1 fully saturated rings. The molecule has 0 amide bonds. The quantitative estimate of drug-likeness (QED) is 0.663. The Bertz CT molecular complexity index is 187. The molecule has 1 saturated carbocycles. The fourth-order valence-electron chi connectivity index (χ4n) is 2.06. The van der Waals surface area contributed by atoms with Gasteiger partial charge in [-0.15, -0.1) is 0 Å². The summed E-state index contributed by atoms with van der Waals surface area (Å²) in [6, 6.07) is 0.173. The third kappa shape index (κ3) is 4.72. The highest BCUT2D eigenvalue weighted by Crippen LogP contribution is 2.19. The number of aliphatic hydroxyl groups excluding tert-OH is 1. The van der Waals surface area contributed by atoms with Crippen LogP contribution in [-0.4, -0.2) is 46.5 Å². The van der Waals surface area contributed by atoms with Crippen LogP contribution in [0.2, 0.25) is 0 Å². The van der Waals surface area contributed by atoms with Gasteiger partial charge >= 0.3 is 0 Å². The van der Waals surface area contributed by atoms with Crippen molar-refractivity contribution in [3.8, 4) is 0 Å². The number of rotatable bonds is 5. The highest BCUT2D eigenvalue weighted by atomic mass is 32.2. The van der Waals surface area contributed by atoms with Gasteiger partial charge in [-0.2, -0.15) is 11.8 Å². The average molecular weight is 233 g/mol. The Balaban J connectivity index is 2.28. The minimum absolute atomic E-state index is 0.173. The molecule has 3 atom stereocenters. The summed E-state index contributed by atoms with van der Waals surface area (Å²) in [6.07, 6.45) is 5.98. The Hall–Kier alpha value is 0.230. The summed E-state index contributed by atoms with van der Waals surface area (Å²) < 4.78 is 0. The second kappa shape index (κ2) is 6.09. The van der Waals surface area contributed by atoms with Crippen molar-refractivity contribution in [1.29, 1.82) is 0 Å². The maximum Gasteiger partial charge on any atom is 0.0833 e. The number of thioether (sulfide) groups is 1. The number of hydrogen-bond donors (Lipinski definition) is 3. The van der Waals surface area contributed by atoms with Gasteiger partial charge in [-0.1, -0.05) is 12.8 Å². The minimum Gasteiger partial charge on any atom is -0.392 e. The zero-order valence-electron chi connectivity index (χ0n) is 9.70. The van der Waals surface area contributed by atoms with Crippen molar-refractivity contribution in [3.63, 3.8) is 0 Å². The van der Waals surface area contributed by atoms with Gasteiger partial charge in [0.05, 0.1) is 11.7 Å². The molecule has 1 aliphatic rings. The lowest BCUT2D eigenvalue weighted by molar-refractivity contribution is 0.0527. The van der Waals surface area contributed by atoms with Gasteiger partial charge in [-0.3, -0.25) is 0 Å². The molecule has 3 nitrogen and oxygen atoms in total. The normalized spacial score (nSPS) is 31.2. The zero-order valence-corrected chi connectivity index (χ0v) is 10.5. The van der Waals surface area contributed by atoms with Crippen LogP contribution in [0.4, 0.5) is 0 Å². The second-order valence-electron chi connectivity index (χ2n) is 4.77. The van der Waals surface area contributed by atoms with E-state index >= 15 is 0 Å². The van der Waals surface area contributed by atoms with Crippen molar-refractivity contribution >= 4 is 11.8 Å². The molecule has 0 spiro atoms. The van der Waals surface area contributed by atoms with Crippen molar-refractivity contribution < 1.29 is 10.2 Å². The van der Waals surface area contributed by atoms with E-state index in [9.17, 15) is 10.2 Å². The lowest BCUT2D eigenvalue weighted by atomic mass is 9.92. The van der Waals surface area contributed by atoms with Crippen LogP contribution in [0.25, 0.3) is 0 Å². The maximum atomic E-state index is 9.97. The molecule has 0 heterocycles. The molecule has 0 bridgehead atoms. The zero-order chi connectivity index (χ0) is 11.3. The molecule has 1 aliphatic carbocycles. The first-order valence-corrected chi connectivity index (χ1v) is 7.07. The van der Waals surface area contributed by atoms with Crippen LogP contribution in [0, 0.1) is 0 Å². The van der Waals surface area contributed by atoms with Gasteiger partial charge in [0.15, 0.2) is 0 Å². The van der Waals surface area contributed by atoms with E-state index in [0.717, 1.165) is 25.0 Å². The van der Waals surface area contributed by atoms with E-state index in [4.69, 9.17) is 0 Å². The molecule has 1 rings (SSSR count). The topological polar surface area (TPSA) is 52.5 Å². The van der Waals surface area contributed by atoms with E-state index in [2.05, 4.69) is 5.32 Å². The maximum absolute atomic E-state index is 9.97. The molecule has 90 valence electrons. The van der Waals surface area contributed by atoms with Gasteiger partial charge in [0.2, 0.25) is 0 Å². The summed E-state index contributed by atoms with van der Waals surface area (Å²) in [5, 5.41) is 23.0. The minimum atomic E-state index is -0.670. The smallest absolute Gasteiger partial charge is 0.0833 e. The van der Waals surface area contributed by atoms with E-state index in [1.54, 1.807) is 11.8 Å². The first-order chi connectivity index (χ1) is 7.05. The Labute approximate surface area is 96.6 Å². The van der Waals surface area contributed by atoms with E-state index in [-0.39, 0.29) is 12.1 Å². The lowest BCUT2D eigenvalue weighted by Crippen LogP contribution is -2.49. The van der Waals surface area contributed by atoms with Crippen LogP contribution in [-0.2, 0) is 0 Å². The van der Waals surface area contributed by atoms with Crippen molar-refractivity contribution in [2.45, 2.75) is 50.4 Å². The standard InChI is InChI=1S/C11H23NO2S/c1-11(14,8-15-2)7-12-9-5-3-4-6-10(9)13/h9-10,12-14H,3-8H2,1-2H3/t9-,10-,11?/m0/s1. The van der Waals surface area contributed by atoms with Crippen molar-refractivity contribution in [1.82, 2.24) is 5.32 Å². The second-order valence-corrected chi connectivity index (χ2v) is 5.64. The summed E-state index contributed by atoms with van der Waals surface area (Å²) in [4.78, 5) is 0. The molecule has 3 N–H and O–H groups in total. The van der Waals surface area contributed by atoms with E-state index < -0.39 is 5.60 Å². The molecule has 0 aromatic rings. The lowest BCUT2D eigenvalue weighted by Gasteiger charge is -2.32. The Morgan fingerprint density at radius 3 is 2.67 bits per heavy atom. The van der Waals surface area contributed by atoms with Crippen molar-refractivity contribution in [2.24, 2.45) is 0 Å². The van der Waals surface area contributed by atoms with E-state index in [1.165, 1.54) is 6.42 Å². The molecule has 15 heavy (non-hydrogen) atoms. The van der Waals surface area contributed by atoms with Crippen LogP contribution >= 0.6 is 11.8 Å². The van der Waals surface area contributed by atoms with Crippen LogP contribution in [0.1, 0.15) is 32.6 Å². The summed E-state index contributed by atoms with van der Waals surface area (Å²) in [5.41, 5.74) is -0.670. The van der Waals surface area contributed by atoms with Gasteiger partial charge in [0.25, 0.3) is 0 Å². The van der Waals surface area contributed by atoms with E-state index in [1.807, 2.05) is 13.2 Å². The average Bonchev–Trinajstić information content (AvgIpc) is 2.16. The first-order valence-electron chi connectivity index (χ1n) is 5.68. The van der Waals surface area contributed by atoms with Gasteiger partial charge in [0, 0.05) is 18.3 Å². The van der Waals surface area contributed by atoms with Crippen molar-refractivity contribution in [2.75, 3.05) is 18.6 Å². The van der Waals surface area contributed by atoms with Gasteiger partial charge in [0.1, 0.15) is 0 Å². The SMILES string of the molecule is CSCC(C)(O)CN[C@H]1CCCC[C@@H]1O. The third-order valence-corrected chi connectivity index (χ3v) is 3.84. The highest BCUT2D eigenvalue weighted by molar-refractivity contribution is 7.98. The summed E-state index contributed by atoms with van der Waals surface area (Å²) >= 11 is 1.64. The van der Waals surface area contributed by atoms with Crippen LogP contribution in [0.5, 0.6) is 0 Å². The molecule has 0 radical (unpaired) electrons. The molecular weight excluding hydrogens is 210 g/mol. The molecular formula is C11H23NO2S. The van der Waals surface area contributed by atoms with Gasteiger partial charge < -0.3 is 15.5 Å². The highest BCUT2D eigenvalue weighted by Gasteiger charge is 2.26. The van der Waals surface area contributed by atoms with Crippen molar-refractivity contribution in [3.05, 3.63) is 0 Å². The molecule has 0 saturated heterocycles. The van der Waals surface area contributed by atoms with Crippen LogP contribution in [0.3, 0.4) is 0 Å². The molecule has 0 aromatic heterocycles. The largest absolute Gasteiger partial charge is 0.392 e. The number of hydrogen-bond acceptors (Lipinski definition) is 4. The van der Waals surface area contributed by atoms with Crippen LogP contribution < -0.4 is 5.32 Å². The summed E-state index contributed by atoms with van der Waals surface area (Å²) in [7, 11) is 0. The molecule has 4 heteroatoms. The van der Waals surface area contributed by atoms with Gasteiger partial charge in [-0.25, -0.2) is 0 Å². The number of aliphatic hydroxyl groups is 2. The predicted octanol–water partition coefficient (Wildman–Crippen LogP) is 0.993. The summed E-state index contributed by atoms with van der Waals surface area (Å²) in [5.74, 6) is 0.725. The Kier molecular flexibility index (Phi) is 5.39. The first kappa shape index (κ1) is 13.3. The molecule has 1 unspecified atom stereocenters. The Morgan fingerprint density at radius 1 is 1.40 bits per heavy atom. The van der Waals surface area contributed by atoms with E-state index in [0.29, 0.717) is 6.54 Å². The van der Waals surface area contributed by atoms with Crippen LogP contribution in [0.15, 0.2) is 0 Å². The third-order valence-electron chi connectivity index (χ3n) is 2.93. The fourth-order valence-corrected chi connectivity index (χ4v) is 2.79. The van der Waals surface area contributed by atoms with Gasteiger partial charge in [-0.05, 0) is 26.0 Å². The number of nitrogens with one attached hydrogen (secondary N) is 1. The summed E-state index contributed by atoms with van der Waals surface area (Å²) in [6.45, 7) is 2.40. The fraction of sp³-hybridized carbons (Fsp3) is 1.00. The monoisotopic (exact) mass is 233 g/mol. The molecule has 0 aromatic carbocycles. The molecule has 0 aliphatic heterocycles.